The van der Waals surface area contributed by atoms with Crippen LogP contribution in [-0.2, 0) is 27.7 Å². The zero-order chi connectivity index (χ0) is 16.6. The van der Waals surface area contributed by atoms with Crippen LogP contribution in [0.1, 0.15) is 17.5 Å². The second-order valence-corrected chi connectivity index (χ2v) is 8.17. The van der Waals surface area contributed by atoms with Gasteiger partial charge in [0.1, 0.15) is 0 Å². The number of aryl methyl sites for hydroxylation is 2. The number of amides is 1. The van der Waals surface area contributed by atoms with E-state index in [1.807, 2.05) is 18.0 Å². The lowest BCUT2D eigenvalue weighted by molar-refractivity contribution is -0.124. The Morgan fingerprint density at radius 2 is 1.96 bits per heavy atom. The molecule has 126 valence electrons. The fourth-order valence-electron chi connectivity index (χ4n) is 3.55. The monoisotopic (exact) mass is 337 g/mol. The van der Waals surface area contributed by atoms with E-state index in [0.29, 0.717) is 18.0 Å². The smallest absolute Gasteiger partial charge is 0.240 e. The highest BCUT2D eigenvalue weighted by molar-refractivity contribution is 7.89. The molecule has 1 aliphatic heterocycles. The maximum Gasteiger partial charge on any atom is 0.240 e. The van der Waals surface area contributed by atoms with Crippen molar-refractivity contribution in [2.24, 2.45) is 5.92 Å². The first-order valence-corrected chi connectivity index (χ1v) is 9.43. The van der Waals surface area contributed by atoms with Gasteiger partial charge in [0.25, 0.3) is 0 Å². The minimum absolute atomic E-state index is 0.129. The fraction of sp³-hybridized carbons (Fsp3) is 0.562. The summed E-state index contributed by atoms with van der Waals surface area (Å²) in [6.45, 7) is 1.08. The Balaban J connectivity index is 1.81. The van der Waals surface area contributed by atoms with E-state index in [1.54, 1.807) is 19.2 Å². The summed E-state index contributed by atoms with van der Waals surface area (Å²) in [5.74, 6) is -0.495. The lowest BCUT2D eigenvalue weighted by atomic mass is 10.0. The van der Waals surface area contributed by atoms with Crippen molar-refractivity contribution in [2.45, 2.75) is 30.2 Å². The second-order valence-electron chi connectivity index (χ2n) is 6.45. The average Bonchev–Trinajstić information content (AvgIpc) is 3.11. The largest absolute Gasteiger partial charge is 0.359 e. The number of benzene rings is 1. The highest BCUT2D eigenvalue weighted by Crippen LogP contribution is 2.25. The standard InChI is InChI=1S/C16H23N3O3S/c1-17-16(20)14-9-19(2)10-15(14)18-23(21,22)13-7-6-11-4-3-5-12(11)8-13/h6-8,14-15,18H,3-5,9-10H2,1-2H3,(H,17,20)/t14-,15-/m0/s1. The summed E-state index contributed by atoms with van der Waals surface area (Å²) < 4.78 is 28.1. The Kier molecular flexibility index (Phi) is 4.44. The molecule has 1 heterocycles. The molecule has 6 nitrogen and oxygen atoms in total. The zero-order valence-electron chi connectivity index (χ0n) is 13.5. The first kappa shape index (κ1) is 16.4. The number of hydrogen-bond donors (Lipinski definition) is 2. The van der Waals surface area contributed by atoms with E-state index in [9.17, 15) is 13.2 Å². The van der Waals surface area contributed by atoms with E-state index in [1.165, 1.54) is 5.56 Å². The Morgan fingerprint density at radius 3 is 2.70 bits per heavy atom. The lowest BCUT2D eigenvalue weighted by Crippen LogP contribution is -2.45. The third-order valence-corrected chi connectivity index (χ3v) is 6.26. The van der Waals surface area contributed by atoms with Crippen molar-refractivity contribution < 1.29 is 13.2 Å². The Hall–Kier alpha value is -1.44. The third kappa shape index (κ3) is 3.27. The predicted molar refractivity (Wildman–Crippen MR) is 87.6 cm³/mol. The number of nitrogens with zero attached hydrogens (tertiary/aromatic N) is 1. The van der Waals surface area contributed by atoms with Gasteiger partial charge in [-0.05, 0) is 49.6 Å². The zero-order valence-corrected chi connectivity index (χ0v) is 14.3. The second kappa shape index (κ2) is 6.22. The molecule has 2 N–H and O–H groups in total. The van der Waals surface area contributed by atoms with Crippen LogP contribution in [0.25, 0.3) is 0 Å². The maximum absolute atomic E-state index is 12.7. The maximum atomic E-state index is 12.7. The van der Waals surface area contributed by atoms with Gasteiger partial charge in [0.2, 0.25) is 15.9 Å². The van der Waals surface area contributed by atoms with Gasteiger partial charge in [0.05, 0.1) is 10.8 Å². The first-order valence-electron chi connectivity index (χ1n) is 7.95. The molecule has 0 unspecified atom stereocenters. The van der Waals surface area contributed by atoms with Crippen LogP contribution in [0, 0.1) is 5.92 Å². The van der Waals surface area contributed by atoms with Gasteiger partial charge in [-0.25, -0.2) is 13.1 Å². The molecule has 1 fully saturated rings. The Bertz CT molecular complexity index is 717. The van der Waals surface area contributed by atoms with Gasteiger partial charge in [-0.3, -0.25) is 4.79 Å². The fourth-order valence-corrected chi connectivity index (χ4v) is 4.87. The summed E-state index contributed by atoms with van der Waals surface area (Å²) in [4.78, 5) is 14.2. The van der Waals surface area contributed by atoms with Crippen molar-refractivity contribution >= 4 is 15.9 Å². The van der Waals surface area contributed by atoms with Gasteiger partial charge in [0, 0.05) is 26.2 Å². The first-order chi connectivity index (χ1) is 10.9. The number of sulfonamides is 1. The topological polar surface area (TPSA) is 78.5 Å². The van der Waals surface area contributed by atoms with Crippen LogP contribution in [0.3, 0.4) is 0 Å². The summed E-state index contributed by atoms with van der Waals surface area (Å²) in [6.07, 6.45) is 3.04. The van der Waals surface area contributed by atoms with Crippen molar-refractivity contribution in [1.82, 2.24) is 14.9 Å². The van der Waals surface area contributed by atoms with Crippen molar-refractivity contribution in [1.29, 1.82) is 0 Å². The van der Waals surface area contributed by atoms with Gasteiger partial charge in [-0.1, -0.05) is 6.07 Å². The van der Waals surface area contributed by atoms with Gasteiger partial charge in [-0.2, -0.15) is 0 Å². The van der Waals surface area contributed by atoms with Crippen molar-refractivity contribution in [2.75, 3.05) is 27.2 Å². The van der Waals surface area contributed by atoms with E-state index in [2.05, 4.69) is 10.0 Å². The molecular weight excluding hydrogens is 314 g/mol. The number of carbonyl (C=O) groups is 1. The van der Waals surface area contributed by atoms with Crippen LogP contribution < -0.4 is 10.0 Å². The van der Waals surface area contributed by atoms with Gasteiger partial charge in [0.15, 0.2) is 0 Å². The predicted octanol–water partition coefficient (Wildman–Crippen LogP) is 0.130. The third-order valence-electron chi connectivity index (χ3n) is 4.77. The number of hydrogen-bond acceptors (Lipinski definition) is 4. The number of carbonyl (C=O) groups excluding carboxylic acids is 1. The van der Waals surface area contributed by atoms with E-state index >= 15 is 0 Å². The molecule has 2 atom stereocenters. The van der Waals surface area contributed by atoms with Crippen molar-refractivity contribution in [3.8, 4) is 0 Å². The van der Waals surface area contributed by atoms with Crippen LogP contribution in [0.4, 0.5) is 0 Å². The number of rotatable bonds is 4. The van der Waals surface area contributed by atoms with Crippen LogP contribution >= 0.6 is 0 Å². The quantitative estimate of drug-likeness (QED) is 0.819. The number of likely N-dealkylation sites (N-methyl/N-ethyl adjacent to an activating group) is 1. The van der Waals surface area contributed by atoms with E-state index < -0.39 is 16.1 Å². The molecular formula is C16H23N3O3S. The summed E-state index contributed by atoms with van der Waals surface area (Å²) in [6, 6.07) is 4.95. The summed E-state index contributed by atoms with van der Waals surface area (Å²) in [5.41, 5.74) is 2.37. The normalized spacial score (nSPS) is 24.6. The van der Waals surface area contributed by atoms with Crippen LogP contribution in [-0.4, -0.2) is 52.5 Å². The molecule has 0 aromatic heterocycles. The molecule has 0 spiro atoms. The summed E-state index contributed by atoms with van der Waals surface area (Å²) in [5, 5.41) is 2.62. The van der Waals surface area contributed by atoms with Gasteiger partial charge < -0.3 is 10.2 Å². The van der Waals surface area contributed by atoms with E-state index in [0.717, 1.165) is 24.8 Å². The summed E-state index contributed by atoms with van der Waals surface area (Å²) in [7, 11) is -0.155. The van der Waals surface area contributed by atoms with E-state index in [4.69, 9.17) is 0 Å². The Morgan fingerprint density at radius 1 is 1.22 bits per heavy atom. The number of likely N-dealkylation sites (tertiary alicyclic amines) is 1. The molecule has 1 saturated heterocycles. The minimum Gasteiger partial charge on any atom is -0.359 e. The van der Waals surface area contributed by atoms with Crippen molar-refractivity contribution in [3.63, 3.8) is 0 Å². The van der Waals surface area contributed by atoms with Crippen LogP contribution in [0.2, 0.25) is 0 Å². The lowest BCUT2D eigenvalue weighted by Gasteiger charge is -2.19. The van der Waals surface area contributed by atoms with Crippen molar-refractivity contribution in [3.05, 3.63) is 29.3 Å². The molecule has 2 aliphatic rings. The molecule has 1 aromatic rings. The molecule has 7 heteroatoms. The van der Waals surface area contributed by atoms with Crippen LogP contribution in [0.15, 0.2) is 23.1 Å². The Labute approximate surface area is 137 Å². The molecule has 1 aliphatic carbocycles. The highest BCUT2D eigenvalue weighted by atomic mass is 32.2. The number of nitrogens with one attached hydrogen (secondary N) is 2. The van der Waals surface area contributed by atoms with Gasteiger partial charge >= 0.3 is 0 Å². The molecule has 1 amide bonds. The molecule has 0 bridgehead atoms. The van der Waals surface area contributed by atoms with Gasteiger partial charge in [-0.15, -0.1) is 0 Å². The molecule has 1 aromatic carbocycles. The average molecular weight is 337 g/mol. The molecule has 3 rings (SSSR count). The van der Waals surface area contributed by atoms with E-state index in [-0.39, 0.29) is 11.8 Å². The molecule has 0 saturated carbocycles. The SMILES string of the molecule is CNC(=O)[C@H]1CN(C)C[C@@H]1NS(=O)(=O)c1ccc2c(c1)CCC2. The highest BCUT2D eigenvalue weighted by Gasteiger charge is 2.38. The number of fused-ring (bicyclic) bond motifs is 1. The minimum atomic E-state index is -3.62. The molecule has 0 radical (unpaired) electrons. The molecule has 23 heavy (non-hydrogen) atoms. The summed E-state index contributed by atoms with van der Waals surface area (Å²) >= 11 is 0. The van der Waals surface area contributed by atoms with Crippen LogP contribution in [0.5, 0.6) is 0 Å².